The van der Waals surface area contributed by atoms with Crippen LogP contribution in [0.15, 0.2) is 24.3 Å². The van der Waals surface area contributed by atoms with Gasteiger partial charge in [-0.1, -0.05) is 24.3 Å². The third-order valence-electron chi connectivity index (χ3n) is 5.13. The quantitative estimate of drug-likeness (QED) is 0.822. The number of hydrogen-bond donors (Lipinski definition) is 0. The maximum Gasteiger partial charge on any atom is 0.236 e. The number of aryl methyl sites for hydroxylation is 1. The summed E-state index contributed by atoms with van der Waals surface area (Å²) >= 11 is 0. The van der Waals surface area contributed by atoms with Gasteiger partial charge in [0.25, 0.3) is 0 Å². The summed E-state index contributed by atoms with van der Waals surface area (Å²) in [4.78, 5) is 15.8. The second-order valence-corrected chi connectivity index (χ2v) is 6.50. The SMILES string of the molecule is CN(C)C(=O)CN1CCC2(CCc3ccccc32)CC1. The van der Waals surface area contributed by atoms with E-state index >= 15 is 0 Å². The number of likely N-dealkylation sites (tertiary alicyclic amines) is 1. The Kier molecular flexibility index (Phi) is 3.55. The molecular formula is C17H24N2O. The number of rotatable bonds is 2. The molecule has 3 nitrogen and oxygen atoms in total. The Balaban J connectivity index is 1.66. The van der Waals surface area contributed by atoms with Crippen molar-refractivity contribution in [3.05, 3.63) is 35.4 Å². The van der Waals surface area contributed by atoms with Crippen molar-refractivity contribution in [1.82, 2.24) is 9.80 Å². The molecule has 1 fully saturated rings. The van der Waals surface area contributed by atoms with Gasteiger partial charge in [-0.2, -0.15) is 0 Å². The number of nitrogens with zero attached hydrogens (tertiary/aromatic N) is 2. The summed E-state index contributed by atoms with van der Waals surface area (Å²) in [5.41, 5.74) is 3.53. The van der Waals surface area contributed by atoms with Gasteiger partial charge >= 0.3 is 0 Å². The van der Waals surface area contributed by atoms with Crippen LogP contribution in [0.3, 0.4) is 0 Å². The number of fused-ring (bicyclic) bond motifs is 2. The average molecular weight is 272 g/mol. The smallest absolute Gasteiger partial charge is 0.236 e. The Labute approximate surface area is 121 Å². The summed E-state index contributed by atoms with van der Waals surface area (Å²) < 4.78 is 0. The van der Waals surface area contributed by atoms with Crippen LogP contribution in [0.2, 0.25) is 0 Å². The van der Waals surface area contributed by atoms with Crippen LogP contribution in [0.1, 0.15) is 30.4 Å². The molecule has 1 spiro atoms. The Bertz CT molecular complexity index is 501. The van der Waals surface area contributed by atoms with Crippen LogP contribution in [0.25, 0.3) is 0 Å². The van der Waals surface area contributed by atoms with E-state index in [0.29, 0.717) is 12.0 Å². The van der Waals surface area contributed by atoms with E-state index in [1.165, 1.54) is 25.7 Å². The molecule has 1 saturated heterocycles. The monoisotopic (exact) mass is 272 g/mol. The lowest BCUT2D eigenvalue weighted by molar-refractivity contribution is -0.130. The van der Waals surface area contributed by atoms with Gasteiger partial charge in [0.15, 0.2) is 0 Å². The predicted octanol–water partition coefficient (Wildman–Crippen LogP) is 2.05. The van der Waals surface area contributed by atoms with Gasteiger partial charge in [0.1, 0.15) is 0 Å². The molecule has 20 heavy (non-hydrogen) atoms. The highest BCUT2D eigenvalue weighted by Gasteiger charge is 2.40. The van der Waals surface area contributed by atoms with Gasteiger partial charge in [-0.15, -0.1) is 0 Å². The van der Waals surface area contributed by atoms with Crippen molar-refractivity contribution in [2.24, 2.45) is 0 Å². The van der Waals surface area contributed by atoms with Crippen molar-refractivity contribution in [3.63, 3.8) is 0 Å². The van der Waals surface area contributed by atoms with Crippen molar-refractivity contribution in [2.75, 3.05) is 33.7 Å². The van der Waals surface area contributed by atoms with Crippen LogP contribution in [0.4, 0.5) is 0 Å². The first-order chi connectivity index (χ1) is 9.61. The Morgan fingerprint density at radius 1 is 1.20 bits per heavy atom. The molecule has 0 saturated carbocycles. The van der Waals surface area contributed by atoms with Crippen LogP contribution in [-0.2, 0) is 16.6 Å². The third kappa shape index (κ3) is 2.35. The minimum Gasteiger partial charge on any atom is -0.348 e. The average Bonchev–Trinajstić information content (AvgIpc) is 2.81. The molecule has 0 N–H and O–H groups in total. The van der Waals surface area contributed by atoms with Crippen LogP contribution in [-0.4, -0.2) is 49.4 Å². The molecule has 1 aromatic carbocycles. The van der Waals surface area contributed by atoms with Gasteiger partial charge in [-0.05, 0) is 55.3 Å². The Morgan fingerprint density at radius 2 is 1.90 bits per heavy atom. The number of amides is 1. The first-order valence-electron chi connectivity index (χ1n) is 7.62. The maximum atomic E-state index is 11.8. The molecule has 1 heterocycles. The summed E-state index contributed by atoms with van der Waals surface area (Å²) in [6.45, 7) is 2.67. The van der Waals surface area contributed by atoms with Crippen molar-refractivity contribution < 1.29 is 4.79 Å². The molecular weight excluding hydrogens is 248 g/mol. The van der Waals surface area contributed by atoms with Gasteiger partial charge in [-0.3, -0.25) is 9.69 Å². The predicted molar refractivity (Wildman–Crippen MR) is 80.8 cm³/mol. The summed E-state index contributed by atoms with van der Waals surface area (Å²) in [6, 6.07) is 8.94. The number of carbonyl (C=O) groups excluding carboxylic acids is 1. The van der Waals surface area contributed by atoms with E-state index in [1.54, 1.807) is 16.0 Å². The summed E-state index contributed by atoms with van der Waals surface area (Å²) in [6.07, 6.45) is 4.92. The molecule has 3 rings (SSSR count). The van der Waals surface area contributed by atoms with E-state index in [9.17, 15) is 4.79 Å². The van der Waals surface area contributed by atoms with Gasteiger partial charge in [0.2, 0.25) is 5.91 Å². The van der Waals surface area contributed by atoms with E-state index in [1.807, 2.05) is 14.1 Å². The fourth-order valence-electron chi connectivity index (χ4n) is 3.76. The van der Waals surface area contributed by atoms with Gasteiger partial charge in [0, 0.05) is 14.1 Å². The van der Waals surface area contributed by atoms with Crippen molar-refractivity contribution in [1.29, 1.82) is 0 Å². The van der Waals surface area contributed by atoms with E-state index in [-0.39, 0.29) is 5.91 Å². The maximum absolute atomic E-state index is 11.8. The second-order valence-electron chi connectivity index (χ2n) is 6.50. The van der Waals surface area contributed by atoms with Crippen LogP contribution in [0.5, 0.6) is 0 Å². The van der Waals surface area contributed by atoms with Gasteiger partial charge < -0.3 is 4.90 Å². The number of benzene rings is 1. The molecule has 2 aliphatic rings. The molecule has 1 amide bonds. The summed E-state index contributed by atoms with van der Waals surface area (Å²) in [5, 5.41) is 0. The lowest BCUT2D eigenvalue weighted by Crippen LogP contribution is -2.45. The zero-order chi connectivity index (χ0) is 14.2. The molecule has 0 atom stereocenters. The third-order valence-corrected chi connectivity index (χ3v) is 5.13. The van der Waals surface area contributed by atoms with E-state index in [0.717, 1.165) is 13.1 Å². The van der Waals surface area contributed by atoms with Crippen LogP contribution < -0.4 is 0 Å². The highest BCUT2D eigenvalue weighted by Crippen LogP contribution is 2.45. The van der Waals surface area contributed by atoms with Crippen molar-refractivity contribution in [3.8, 4) is 0 Å². The largest absolute Gasteiger partial charge is 0.348 e. The summed E-state index contributed by atoms with van der Waals surface area (Å²) in [5.74, 6) is 0.216. The molecule has 108 valence electrons. The fraction of sp³-hybridized carbons (Fsp3) is 0.588. The topological polar surface area (TPSA) is 23.6 Å². The van der Waals surface area contributed by atoms with Crippen molar-refractivity contribution >= 4 is 5.91 Å². The molecule has 0 unspecified atom stereocenters. The number of piperidine rings is 1. The first-order valence-corrected chi connectivity index (χ1v) is 7.62. The van der Waals surface area contributed by atoms with Gasteiger partial charge in [-0.25, -0.2) is 0 Å². The van der Waals surface area contributed by atoms with E-state index in [2.05, 4.69) is 29.2 Å². The zero-order valence-corrected chi connectivity index (χ0v) is 12.6. The standard InChI is InChI=1S/C17H24N2O/c1-18(2)16(20)13-19-11-9-17(10-12-19)8-7-14-5-3-4-6-15(14)17/h3-6H,7-13H2,1-2H3. The molecule has 1 aliphatic heterocycles. The Hall–Kier alpha value is -1.35. The molecule has 3 heteroatoms. The lowest BCUT2D eigenvalue weighted by Gasteiger charge is -2.40. The number of likely N-dealkylation sites (N-methyl/N-ethyl adjacent to an activating group) is 1. The normalized spacial score (nSPS) is 20.9. The first kappa shape index (κ1) is 13.6. The Morgan fingerprint density at radius 3 is 2.60 bits per heavy atom. The number of hydrogen-bond acceptors (Lipinski definition) is 2. The lowest BCUT2D eigenvalue weighted by atomic mass is 9.74. The molecule has 0 aromatic heterocycles. The van der Waals surface area contributed by atoms with E-state index in [4.69, 9.17) is 0 Å². The zero-order valence-electron chi connectivity index (χ0n) is 12.6. The highest BCUT2D eigenvalue weighted by molar-refractivity contribution is 5.77. The van der Waals surface area contributed by atoms with Crippen molar-refractivity contribution in [2.45, 2.75) is 31.1 Å². The molecule has 0 radical (unpaired) electrons. The van der Waals surface area contributed by atoms with Crippen LogP contribution in [0, 0.1) is 0 Å². The minimum atomic E-state index is 0.216. The highest BCUT2D eigenvalue weighted by atomic mass is 16.2. The molecule has 0 bridgehead atoms. The van der Waals surface area contributed by atoms with Crippen LogP contribution >= 0.6 is 0 Å². The fourth-order valence-corrected chi connectivity index (χ4v) is 3.76. The molecule has 1 aromatic rings. The number of carbonyl (C=O) groups is 1. The minimum absolute atomic E-state index is 0.216. The van der Waals surface area contributed by atoms with Gasteiger partial charge in [0.05, 0.1) is 6.54 Å². The summed E-state index contributed by atoms with van der Waals surface area (Å²) in [7, 11) is 3.67. The molecule has 1 aliphatic carbocycles. The van der Waals surface area contributed by atoms with E-state index < -0.39 is 0 Å². The second kappa shape index (κ2) is 5.21.